The number of anilines is 1. The summed E-state index contributed by atoms with van der Waals surface area (Å²) in [6.07, 6.45) is 0.174. The molecule has 0 saturated carbocycles. The number of benzene rings is 1. The number of aryl methyl sites for hydroxylation is 2. The molecule has 0 spiro atoms. The van der Waals surface area contributed by atoms with Gasteiger partial charge in [0.2, 0.25) is 11.8 Å². The van der Waals surface area contributed by atoms with Gasteiger partial charge in [-0.15, -0.1) is 23.1 Å². The van der Waals surface area contributed by atoms with E-state index >= 15 is 0 Å². The van der Waals surface area contributed by atoms with E-state index in [0.717, 1.165) is 11.3 Å². The van der Waals surface area contributed by atoms with Crippen LogP contribution in [0, 0.1) is 13.8 Å². The first-order valence-corrected chi connectivity index (χ1v) is 10.8. The van der Waals surface area contributed by atoms with Gasteiger partial charge in [-0.25, -0.2) is 4.98 Å². The minimum atomic E-state index is -0.345. The van der Waals surface area contributed by atoms with Gasteiger partial charge in [-0.1, -0.05) is 23.4 Å². The fourth-order valence-corrected chi connectivity index (χ4v) is 3.79. The van der Waals surface area contributed by atoms with E-state index in [0.29, 0.717) is 28.2 Å². The molecule has 0 atom stereocenters. The Balaban J connectivity index is 1.38. The standard InChI is InChI=1S/C19H20N4O4S2/c1-12-5-3-4-6-15(12)22-17(24)7-18-21-14(9-29-18)8-26-19(25)11-28-10-16-20-13(2)27-23-16/h3-6,9H,7-8,10-11H2,1-2H3,(H,22,24). The van der Waals surface area contributed by atoms with Crippen molar-refractivity contribution in [3.05, 3.63) is 57.6 Å². The fourth-order valence-electron chi connectivity index (χ4n) is 2.36. The number of esters is 1. The second-order valence-corrected chi connectivity index (χ2v) is 8.08. The summed E-state index contributed by atoms with van der Waals surface area (Å²) in [5.41, 5.74) is 2.41. The largest absolute Gasteiger partial charge is 0.459 e. The lowest BCUT2D eigenvalue weighted by Crippen LogP contribution is -2.15. The summed E-state index contributed by atoms with van der Waals surface area (Å²) in [5.74, 6) is 1.23. The first-order chi connectivity index (χ1) is 14.0. The Kier molecular flexibility index (Phi) is 7.36. The van der Waals surface area contributed by atoms with Gasteiger partial charge in [0, 0.05) is 18.0 Å². The number of carbonyl (C=O) groups excluding carboxylic acids is 2. The number of ether oxygens (including phenoxy) is 1. The van der Waals surface area contributed by atoms with Crippen molar-refractivity contribution in [1.82, 2.24) is 15.1 Å². The summed E-state index contributed by atoms with van der Waals surface area (Å²) in [7, 11) is 0. The molecule has 8 nitrogen and oxygen atoms in total. The number of thioether (sulfide) groups is 1. The van der Waals surface area contributed by atoms with E-state index in [4.69, 9.17) is 9.26 Å². The van der Waals surface area contributed by atoms with Gasteiger partial charge in [-0.05, 0) is 18.6 Å². The van der Waals surface area contributed by atoms with Crippen molar-refractivity contribution >= 4 is 40.7 Å². The molecule has 3 aromatic rings. The molecule has 152 valence electrons. The van der Waals surface area contributed by atoms with Crippen LogP contribution in [-0.4, -0.2) is 32.8 Å². The van der Waals surface area contributed by atoms with Crippen molar-refractivity contribution in [2.45, 2.75) is 32.6 Å². The molecule has 0 unspecified atom stereocenters. The van der Waals surface area contributed by atoms with Gasteiger partial charge >= 0.3 is 5.97 Å². The Morgan fingerprint density at radius 2 is 2.07 bits per heavy atom. The van der Waals surface area contributed by atoms with Crippen molar-refractivity contribution < 1.29 is 18.8 Å². The van der Waals surface area contributed by atoms with Gasteiger partial charge in [0.15, 0.2) is 5.82 Å². The maximum Gasteiger partial charge on any atom is 0.316 e. The number of nitrogens with one attached hydrogen (secondary N) is 1. The van der Waals surface area contributed by atoms with Crippen molar-refractivity contribution in [3.63, 3.8) is 0 Å². The lowest BCUT2D eigenvalue weighted by atomic mass is 10.2. The van der Waals surface area contributed by atoms with Gasteiger partial charge in [-0.3, -0.25) is 9.59 Å². The van der Waals surface area contributed by atoms with E-state index in [-0.39, 0.29) is 30.7 Å². The Morgan fingerprint density at radius 1 is 1.24 bits per heavy atom. The van der Waals surface area contributed by atoms with Crippen LogP contribution in [-0.2, 0) is 33.1 Å². The van der Waals surface area contributed by atoms with Crippen LogP contribution in [0.3, 0.4) is 0 Å². The van der Waals surface area contributed by atoms with Gasteiger partial charge in [-0.2, -0.15) is 4.98 Å². The highest BCUT2D eigenvalue weighted by molar-refractivity contribution is 7.99. The number of carbonyl (C=O) groups is 2. The number of thiazole rings is 1. The highest BCUT2D eigenvalue weighted by atomic mass is 32.2. The molecule has 0 aliphatic carbocycles. The van der Waals surface area contributed by atoms with Gasteiger partial charge in [0.05, 0.1) is 23.6 Å². The summed E-state index contributed by atoms with van der Waals surface area (Å²) >= 11 is 2.71. The van der Waals surface area contributed by atoms with Crippen LogP contribution in [0.4, 0.5) is 5.69 Å². The number of rotatable bonds is 9. The number of amides is 1. The first kappa shape index (κ1) is 21.0. The van der Waals surface area contributed by atoms with E-state index < -0.39 is 0 Å². The minimum absolute atomic E-state index is 0.0800. The van der Waals surface area contributed by atoms with Crippen LogP contribution in [0.2, 0.25) is 0 Å². The maximum atomic E-state index is 12.2. The number of para-hydroxylation sites is 1. The second-order valence-electron chi connectivity index (χ2n) is 6.16. The van der Waals surface area contributed by atoms with Crippen molar-refractivity contribution in [2.24, 2.45) is 0 Å². The summed E-state index contributed by atoms with van der Waals surface area (Å²) in [6, 6.07) is 7.59. The molecular weight excluding hydrogens is 412 g/mol. The molecule has 2 heterocycles. The van der Waals surface area contributed by atoms with Gasteiger partial charge in [0.1, 0.15) is 11.6 Å². The average molecular weight is 433 g/mol. The third-order valence-electron chi connectivity index (χ3n) is 3.73. The number of hydrogen-bond acceptors (Lipinski definition) is 9. The Labute approximate surface area is 176 Å². The van der Waals surface area contributed by atoms with E-state index in [1.165, 1.54) is 23.1 Å². The predicted molar refractivity (Wildman–Crippen MR) is 111 cm³/mol. The quantitative estimate of drug-likeness (QED) is 0.513. The zero-order valence-electron chi connectivity index (χ0n) is 16.0. The first-order valence-electron chi connectivity index (χ1n) is 8.81. The predicted octanol–water partition coefficient (Wildman–Crippen LogP) is 3.30. The molecule has 0 aliphatic rings. The lowest BCUT2D eigenvalue weighted by Gasteiger charge is -2.06. The summed E-state index contributed by atoms with van der Waals surface area (Å²) in [4.78, 5) is 32.5. The highest BCUT2D eigenvalue weighted by Crippen LogP contribution is 2.16. The number of hydrogen-bond donors (Lipinski definition) is 1. The summed E-state index contributed by atoms with van der Waals surface area (Å²) in [5, 5.41) is 9.10. The molecule has 0 saturated heterocycles. The zero-order valence-corrected chi connectivity index (χ0v) is 17.6. The fraction of sp³-hybridized carbons (Fsp3) is 0.316. The van der Waals surface area contributed by atoms with Gasteiger partial charge < -0.3 is 14.6 Å². The topological polar surface area (TPSA) is 107 Å². The van der Waals surface area contributed by atoms with E-state index in [1.807, 2.05) is 31.2 Å². The molecule has 0 bridgehead atoms. The van der Waals surface area contributed by atoms with E-state index in [9.17, 15) is 9.59 Å². The molecule has 10 heteroatoms. The third kappa shape index (κ3) is 6.68. The second kappa shape index (κ2) is 10.2. The molecule has 1 aromatic carbocycles. The van der Waals surface area contributed by atoms with Crippen LogP contribution in [0.1, 0.15) is 28.0 Å². The summed E-state index contributed by atoms with van der Waals surface area (Å²) < 4.78 is 10.1. The van der Waals surface area contributed by atoms with Crippen LogP contribution in [0.15, 0.2) is 34.2 Å². The Morgan fingerprint density at radius 3 is 2.83 bits per heavy atom. The van der Waals surface area contributed by atoms with Crippen LogP contribution >= 0.6 is 23.1 Å². The highest BCUT2D eigenvalue weighted by Gasteiger charge is 2.11. The molecule has 29 heavy (non-hydrogen) atoms. The minimum Gasteiger partial charge on any atom is -0.459 e. The SMILES string of the molecule is Cc1nc(CSCC(=O)OCc2csc(CC(=O)Nc3ccccc3C)n2)no1. The smallest absolute Gasteiger partial charge is 0.316 e. The van der Waals surface area contributed by atoms with Crippen LogP contribution < -0.4 is 5.32 Å². The lowest BCUT2D eigenvalue weighted by molar-refractivity contribution is -0.141. The average Bonchev–Trinajstić information content (AvgIpc) is 3.30. The normalized spacial score (nSPS) is 10.7. The molecule has 0 fully saturated rings. The van der Waals surface area contributed by atoms with Crippen LogP contribution in [0.5, 0.6) is 0 Å². The van der Waals surface area contributed by atoms with E-state index in [2.05, 4.69) is 20.4 Å². The molecular formula is C19H20N4O4S2. The van der Waals surface area contributed by atoms with Crippen molar-refractivity contribution in [1.29, 1.82) is 0 Å². The molecule has 2 aromatic heterocycles. The molecule has 0 radical (unpaired) electrons. The van der Waals surface area contributed by atoms with Crippen molar-refractivity contribution in [3.8, 4) is 0 Å². The number of aromatic nitrogens is 3. The van der Waals surface area contributed by atoms with Crippen molar-refractivity contribution in [2.75, 3.05) is 11.1 Å². The van der Waals surface area contributed by atoms with Gasteiger partial charge in [0.25, 0.3) is 0 Å². The third-order valence-corrected chi connectivity index (χ3v) is 5.53. The molecule has 3 rings (SSSR count). The molecule has 1 N–H and O–H groups in total. The Bertz CT molecular complexity index is 986. The zero-order chi connectivity index (χ0) is 20.6. The molecule has 0 aliphatic heterocycles. The van der Waals surface area contributed by atoms with E-state index in [1.54, 1.807) is 12.3 Å². The Hall–Kier alpha value is -2.72. The molecule has 1 amide bonds. The number of nitrogens with zero attached hydrogens (tertiary/aromatic N) is 3. The summed E-state index contributed by atoms with van der Waals surface area (Å²) in [6.45, 7) is 3.73. The van der Waals surface area contributed by atoms with Crippen LogP contribution in [0.25, 0.3) is 0 Å². The maximum absolute atomic E-state index is 12.2. The monoisotopic (exact) mass is 432 g/mol.